The van der Waals surface area contributed by atoms with E-state index in [1.54, 1.807) is 25.8 Å². The number of aryl methyl sites for hydroxylation is 1. The fourth-order valence-electron chi connectivity index (χ4n) is 1.50. The van der Waals surface area contributed by atoms with Gasteiger partial charge >= 0.3 is 5.97 Å². The van der Waals surface area contributed by atoms with E-state index in [4.69, 9.17) is 9.84 Å². The highest BCUT2D eigenvalue weighted by atomic mass is 32.2. The van der Waals surface area contributed by atoms with E-state index in [-0.39, 0.29) is 0 Å². The third-order valence-electron chi connectivity index (χ3n) is 2.49. The smallest absolute Gasteiger partial charge is 0.347 e. The maximum Gasteiger partial charge on any atom is 0.347 e. The summed E-state index contributed by atoms with van der Waals surface area (Å²) in [4.78, 5) is 15.5. The van der Waals surface area contributed by atoms with Crippen molar-refractivity contribution in [3.05, 3.63) is 40.4 Å². The van der Waals surface area contributed by atoms with Gasteiger partial charge in [0.05, 0.1) is 12.8 Å². The molecular formula is C13H13NO3S2. The molecule has 4 nitrogen and oxygen atoms in total. The van der Waals surface area contributed by atoms with Crippen molar-refractivity contribution in [2.24, 2.45) is 0 Å². The topological polar surface area (TPSA) is 59.4 Å². The molecule has 100 valence electrons. The molecule has 0 saturated carbocycles. The summed E-state index contributed by atoms with van der Waals surface area (Å²) < 4.78 is 5.88. The highest BCUT2D eigenvalue weighted by Crippen LogP contribution is 2.30. The predicted molar refractivity (Wildman–Crippen MR) is 76.4 cm³/mol. The molecule has 0 radical (unpaired) electrons. The zero-order chi connectivity index (χ0) is 13.8. The van der Waals surface area contributed by atoms with Crippen LogP contribution in [0.5, 0.6) is 5.75 Å². The van der Waals surface area contributed by atoms with Crippen LogP contribution in [0.25, 0.3) is 0 Å². The first-order valence-corrected chi connectivity index (χ1v) is 7.37. The van der Waals surface area contributed by atoms with Crippen LogP contribution in [0.15, 0.2) is 28.6 Å². The van der Waals surface area contributed by atoms with Gasteiger partial charge in [0.1, 0.15) is 10.6 Å². The van der Waals surface area contributed by atoms with Crippen LogP contribution >= 0.6 is 23.1 Å². The number of aromatic carboxylic acids is 1. The van der Waals surface area contributed by atoms with Crippen LogP contribution in [0.1, 0.15) is 20.9 Å². The Kier molecular flexibility index (Phi) is 4.44. The Morgan fingerprint density at radius 2 is 2.11 bits per heavy atom. The van der Waals surface area contributed by atoms with Gasteiger partial charge in [0, 0.05) is 5.75 Å². The van der Waals surface area contributed by atoms with E-state index in [1.165, 1.54) is 11.3 Å². The number of benzene rings is 1. The van der Waals surface area contributed by atoms with Gasteiger partial charge in [0.25, 0.3) is 0 Å². The minimum absolute atomic E-state index is 0.317. The maximum atomic E-state index is 10.9. The molecule has 1 N–H and O–H groups in total. The molecule has 1 heterocycles. The van der Waals surface area contributed by atoms with Crippen molar-refractivity contribution in [1.29, 1.82) is 0 Å². The van der Waals surface area contributed by atoms with Crippen molar-refractivity contribution in [2.45, 2.75) is 17.0 Å². The highest BCUT2D eigenvalue weighted by Gasteiger charge is 2.14. The van der Waals surface area contributed by atoms with E-state index in [9.17, 15) is 4.79 Å². The van der Waals surface area contributed by atoms with E-state index in [2.05, 4.69) is 4.98 Å². The molecule has 0 spiro atoms. The van der Waals surface area contributed by atoms with Gasteiger partial charge in [-0.05, 0) is 24.6 Å². The van der Waals surface area contributed by atoms with E-state index in [1.807, 2.05) is 24.3 Å². The molecule has 0 aliphatic rings. The fraction of sp³-hybridized carbons (Fsp3) is 0.231. The van der Waals surface area contributed by atoms with Crippen molar-refractivity contribution < 1.29 is 14.6 Å². The maximum absolute atomic E-state index is 10.9. The molecule has 0 unspecified atom stereocenters. The van der Waals surface area contributed by atoms with Gasteiger partial charge in [0.2, 0.25) is 0 Å². The zero-order valence-corrected chi connectivity index (χ0v) is 12.2. The minimum Gasteiger partial charge on any atom is -0.497 e. The second-order valence-electron chi connectivity index (χ2n) is 3.84. The van der Waals surface area contributed by atoms with Crippen molar-refractivity contribution in [3.63, 3.8) is 0 Å². The Labute approximate surface area is 119 Å². The van der Waals surface area contributed by atoms with Gasteiger partial charge in [-0.3, -0.25) is 0 Å². The molecule has 1 aromatic carbocycles. The normalized spacial score (nSPS) is 10.4. The zero-order valence-electron chi connectivity index (χ0n) is 10.5. The van der Waals surface area contributed by atoms with Gasteiger partial charge in [-0.15, -0.1) is 11.3 Å². The van der Waals surface area contributed by atoms with Crippen LogP contribution in [0.2, 0.25) is 0 Å². The average Bonchev–Trinajstić information content (AvgIpc) is 2.78. The highest BCUT2D eigenvalue weighted by molar-refractivity contribution is 8.00. The summed E-state index contributed by atoms with van der Waals surface area (Å²) in [6.45, 7) is 1.72. The first-order valence-electron chi connectivity index (χ1n) is 5.56. The molecule has 0 aliphatic heterocycles. The Balaban J connectivity index is 2.01. The van der Waals surface area contributed by atoms with E-state index >= 15 is 0 Å². The van der Waals surface area contributed by atoms with Crippen molar-refractivity contribution >= 4 is 29.1 Å². The number of hydrogen-bond donors (Lipinski definition) is 1. The lowest BCUT2D eigenvalue weighted by Gasteiger charge is -2.01. The van der Waals surface area contributed by atoms with Crippen LogP contribution < -0.4 is 4.74 Å². The number of ether oxygens (including phenoxy) is 1. The second-order valence-corrected chi connectivity index (χ2v) is 6.06. The summed E-state index contributed by atoms with van der Waals surface area (Å²) in [5.74, 6) is 0.675. The van der Waals surface area contributed by atoms with Crippen molar-refractivity contribution in [1.82, 2.24) is 4.98 Å². The number of hydrogen-bond acceptors (Lipinski definition) is 5. The monoisotopic (exact) mass is 295 g/mol. The van der Waals surface area contributed by atoms with Crippen LogP contribution in [-0.2, 0) is 5.75 Å². The number of carbonyl (C=O) groups is 1. The Morgan fingerprint density at radius 1 is 1.42 bits per heavy atom. The van der Waals surface area contributed by atoms with Crippen LogP contribution in [-0.4, -0.2) is 23.2 Å². The standard InChI is InChI=1S/C13H13NO3S2/c1-8-11(12(15)16)19-13(14-8)18-7-9-3-5-10(17-2)6-4-9/h3-6H,7H2,1-2H3,(H,15,16). The Bertz CT molecular complexity index is 578. The first kappa shape index (κ1) is 13.9. The number of thioether (sulfide) groups is 1. The number of rotatable bonds is 5. The van der Waals surface area contributed by atoms with E-state index in [0.29, 0.717) is 10.6 Å². The molecule has 0 atom stereocenters. The molecule has 0 amide bonds. The summed E-state index contributed by atoms with van der Waals surface area (Å²) in [6.07, 6.45) is 0. The lowest BCUT2D eigenvalue weighted by Crippen LogP contribution is -1.94. The molecular weight excluding hydrogens is 282 g/mol. The third-order valence-corrected chi connectivity index (χ3v) is 4.85. The lowest BCUT2D eigenvalue weighted by atomic mass is 10.2. The van der Waals surface area contributed by atoms with Crippen LogP contribution in [0.3, 0.4) is 0 Å². The molecule has 6 heteroatoms. The number of nitrogens with zero attached hydrogens (tertiary/aromatic N) is 1. The van der Waals surface area contributed by atoms with E-state index in [0.717, 1.165) is 21.4 Å². The summed E-state index contributed by atoms with van der Waals surface area (Å²) >= 11 is 2.76. The second kappa shape index (κ2) is 6.08. The molecule has 0 aliphatic carbocycles. The summed E-state index contributed by atoms with van der Waals surface area (Å²) in [5.41, 5.74) is 1.73. The summed E-state index contributed by atoms with van der Waals surface area (Å²) in [5, 5.41) is 8.97. The van der Waals surface area contributed by atoms with Crippen molar-refractivity contribution in [3.8, 4) is 5.75 Å². The number of aromatic nitrogens is 1. The number of carboxylic acids is 1. The SMILES string of the molecule is COc1ccc(CSc2nc(C)c(C(=O)O)s2)cc1. The molecule has 0 saturated heterocycles. The predicted octanol–water partition coefficient (Wildman–Crippen LogP) is 3.45. The quantitative estimate of drug-likeness (QED) is 0.856. The molecule has 0 fully saturated rings. The number of carboxylic acid groups (broad SMARTS) is 1. The van der Waals surface area contributed by atoms with Gasteiger partial charge < -0.3 is 9.84 Å². The fourth-order valence-corrected chi connectivity index (χ4v) is 3.48. The Morgan fingerprint density at radius 3 is 2.63 bits per heavy atom. The largest absolute Gasteiger partial charge is 0.497 e. The lowest BCUT2D eigenvalue weighted by molar-refractivity contribution is 0.0701. The minimum atomic E-state index is -0.911. The first-order chi connectivity index (χ1) is 9.10. The van der Waals surface area contributed by atoms with Crippen LogP contribution in [0, 0.1) is 6.92 Å². The molecule has 0 bridgehead atoms. The number of thiazole rings is 1. The van der Waals surface area contributed by atoms with Crippen molar-refractivity contribution in [2.75, 3.05) is 7.11 Å². The third kappa shape index (κ3) is 3.48. The van der Waals surface area contributed by atoms with Gasteiger partial charge in [0.15, 0.2) is 4.34 Å². The molecule has 2 aromatic rings. The molecule has 1 aromatic heterocycles. The number of methoxy groups -OCH3 is 1. The van der Waals surface area contributed by atoms with E-state index < -0.39 is 5.97 Å². The molecule has 19 heavy (non-hydrogen) atoms. The van der Waals surface area contributed by atoms with Gasteiger partial charge in [-0.25, -0.2) is 9.78 Å². The van der Waals surface area contributed by atoms with Gasteiger partial charge in [-0.2, -0.15) is 0 Å². The van der Waals surface area contributed by atoms with Gasteiger partial charge in [-0.1, -0.05) is 23.9 Å². The molecule has 2 rings (SSSR count). The summed E-state index contributed by atoms with van der Waals surface area (Å²) in [6, 6.07) is 7.80. The summed E-state index contributed by atoms with van der Waals surface area (Å²) in [7, 11) is 1.63. The average molecular weight is 295 g/mol. The van der Waals surface area contributed by atoms with Crippen LogP contribution in [0.4, 0.5) is 0 Å². The Hall–Kier alpha value is -1.53.